The molecular weight excluding hydrogens is 531 g/mol. The number of carbonyl (C=O) groups is 2. The van der Waals surface area contributed by atoms with E-state index in [0.717, 1.165) is 14.8 Å². The molecule has 3 aromatic carbocycles. The molecule has 0 bridgehead atoms. The van der Waals surface area contributed by atoms with E-state index in [1.807, 2.05) is 43.3 Å². The predicted molar refractivity (Wildman–Crippen MR) is 139 cm³/mol. The van der Waals surface area contributed by atoms with Gasteiger partial charge in [0, 0.05) is 34.5 Å². The largest absolute Gasteiger partial charge is 0.507 e. The molecule has 3 rings (SSSR count). The van der Waals surface area contributed by atoms with E-state index in [1.165, 1.54) is 6.21 Å². The summed E-state index contributed by atoms with van der Waals surface area (Å²) in [4.78, 5) is 27.5. The van der Waals surface area contributed by atoms with E-state index in [9.17, 15) is 14.7 Å². The maximum absolute atomic E-state index is 12.9. The molecule has 3 aromatic rings. The second-order valence-electron chi connectivity index (χ2n) is 7.27. The van der Waals surface area contributed by atoms with Crippen LogP contribution in [-0.4, -0.2) is 37.2 Å². The van der Waals surface area contributed by atoms with Crippen molar-refractivity contribution in [3.63, 3.8) is 0 Å². The van der Waals surface area contributed by atoms with Gasteiger partial charge in [-0.15, -0.1) is 0 Å². The van der Waals surface area contributed by atoms with E-state index in [2.05, 4.69) is 38.4 Å². The number of halogens is 1. The van der Waals surface area contributed by atoms with Crippen LogP contribution in [0, 0.1) is 3.57 Å². The Hall–Kier alpha value is -3.66. The first kappa shape index (κ1) is 24.0. The van der Waals surface area contributed by atoms with Crippen molar-refractivity contribution in [1.82, 2.24) is 10.7 Å². The van der Waals surface area contributed by atoms with Gasteiger partial charge in [-0.3, -0.25) is 9.59 Å². The average Bonchev–Trinajstić information content (AvgIpc) is 2.81. The third-order valence-electron chi connectivity index (χ3n) is 4.61. The van der Waals surface area contributed by atoms with Crippen molar-refractivity contribution in [2.24, 2.45) is 5.10 Å². The van der Waals surface area contributed by atoms with E-state index in [1.54, 1.807) is 54.6 Å². The van der Waals surface area contributed by atoms with Gasteiger partial charge in [-0.05, 0) is 76.7 Å². The molecule has 0 unspecified atom stereocenters. The number of carbonyl (C=O) groups excluding carboxylic acids is 2. The van der Waals surface area contributed by atoms with Gasteiger partial charge in [0.15, 0.2) is 0 Å². The molecule has 0 saturated carbocycles. The second kappa shape index (κ2) is 11.3. The van der Waals surface area contributed by atoms with Crippen LogP contribution in [-0.2, 0) is 4.79 Å². The van der Waals surface area contributed by atoms with Crippen molar-refractivity contribution in [3.8, 4) is 5.75 Å². The fraction of sp³-hybridized carbons (Fsp3) is 0.0800. The number of nitrogens with zero attached hydrogens (tertiary/aromatic N) is 2. The molecule has 0 heterocycles. The summed E-state index contributed by atoms with van der Waals surface area (Å²) in [5.74, 6) is -0.971. The number of benzene rings is 3. The summed E-state index contributed by atoms with van der Waals surface area (Å²) >= 11 is 2.12. The van der Waals surface area contributed by atoms with Crippen LogP contribution < -0.4 is 15.6 Å². The zero-order valence-electron chi connectivity index (χ0n) is 18.1. The fourth-order valence-electron chi connectivity index (χ4n) is 2.83. The monoisotopic (exact) mass is 554 g/mol. The molecule has 2 amide bonds. The lowest BCUT2D eigenvalue weighted by atomic mass is 10.1. The Morgan fingerprint density at radius 3 is 2.36 bits per heavy atom. The lowest BCUT2D eigenvalue weighted by Crippen LogP contribution is -2.32. The normalized spacial score (nSPS) is 11.3. The smallest absolute Gasteiger partial charge is 0.287 e. The van der Waals surface area contributed by atoms with Crippen LogP contribution in [0.5, 0.6) is 5.75 Å². The van der Waals surface area contributed by atoms with Crippen LogP contribution in [0.1, 0.15) is 21.5 Å². The van der Waals surface area contributed by atoms with Gasteiger partial charge < -0.3 is 15.3 Å². The SMILES string of the molecule is CN(C)c1ccc(C=C(NC(=O)c2ccccc2)C(=O)N/N=C/c2cc(I)ccc2O)cc1. The Bertz CT molecular complexity index is 1190. The predicted octanol–water partition coefficient (Wildman–Crippen LogP) is 3.98. The number of aromatic hydroxyl groups is 1. The molecule has 8 heteroatoms. The number of hydrogen-bond acceptors (Lipinski definition) is 5. The highest BCUT2D eigenvalue weighted by atomic mass is 127. The number of amides is 2. The minimum atomic E-state index is -0.600. The number of nitrogens with one attached hydrogen (secondary N) is 2. The molecule has 0 spiro atoms. The average molecular weight is 554 g/mol. The van der Waals surface area contributed by atoms with Gasteiger partial charge in [0.2, 0.25) is 0 Å². The minimum Gasteiger partial charge on any atom is -0.507 e. The highest BCUT2D eigenvalue weighted by Gasteiger charge is 2.14. The Morgan fingerprint density at radius 1 is 1.00 bits per heavy atom. The van der Waals surface area contributed by atoms with E-state index in [-0.39, 0.29) is 11.4 Å². The van der Waals surface area contributed by atoms with E-state index < -0.39 is 11.8 Å². The Kier molecular flexibility index (Phi) is 8.20. The first-order valence-electron chi connectivity index (χ1n) is 10.0. The van der Waals surface area contributed by atoms with Gasteiger partial charge in [-0.1, -0.05) is 30.3 Å². The molecule has 0 aromatic heterocycles. The van der Waals surface area contributed by atoms with Crippen LogP contribution >= 0.6 is 22.6 Å². The Balaban J connectivity index is 1.83. The number of phenols is 1. The van der Waals surface area contributed by atoms with Crippen molar-refractivity contribution in [2.45, 2.75) is 0 Å². The van der Waals surface area contributed by atoms with Gasteiger partial charge >= 0.3 is 0 Å². The number of hydrazone groups is 1. The molecule has 0 saturated heterocycles. The maximum atomic E-state index is 12.9. The van der Waals surface area contributed by atoms with Crippen LogP contribution in [0.25, 0.3) is 6.08 Å². The summed E-state index contributed by atoms with van der Waals surface area (Å²) in [6.45, 7) is 0. The molecule has 7 nitrogen and oxygen atoms in total. The highest BCUT2D eigenvalue weighted by Crippen LogP contribution is 2.18. The summed E-state index contributed by atoms with van der Waals surface area (Å²) in [6, 6.07) is 21.2. The molecule has 0 radical (unpaired) electrons. The second-order valence-corrected chi connectivity index (χ2v) is 8.51. The number of phenolic OH excluding ortho intramolecular Hbond substituents is 1. The van der Waals surface area contributed by atoms with Gasteiger partial charge in [0.1, 0.15) is 11.4 Å². The van der Waals surface area contributed by atoms with Gasteiger partial charge in [0.25, 0.3) is 11.8 Å². The van der Waals surface area contributed by atoms with Gasteiger partial charge in [-0.2, -0.15) is 5.10 Å². The van der Waals surface area contributed by atoms with Crippen molar-refractivity contribution < 1.29 is 14.7 Å². The van der Waals surface area contributed by atoms with E-state index >= 15 is 0 Å². The Labute approximate surface area is 206 Å². The first-order chi connectivity index (χ1) is 15.8. The van der Waals surface area contributed by atoms with Crippen molar-refractivity contribution in [2.75, 3.05) is 19.0 Å². The lowest BCUT2D eigenvalue weighted by Gasteiger charge is -2.12. The highest BCUT2D eigenvalue weighted by molar-refractivity contribution is 14.1. The third kappa shape index (κ3) is 6.91. The van der Waals surface area contributed by atoms with Gasteiger partial charge in [-0.25, -0.2) is 5.43 Å². The Morgan fingerprint density at radius 2 is 1.70 bits per heavy atom. The molecule has 3 N–H and O–H groups in total. The van der Waals surface area contributed by atoms with Crippen LogP contribution in [0.2, 0.25) is 0 Å². The van der Waals surface area contributed by atoms with Crippen LogP contribution in [0.15, 0.2) is 83.6 Å². The summed E-state index contributed by atoms with van der Waals surface area (Å²) in [6.07, 6.45) is 2.92. The minimum absolute atomic E-state index is 0.0328. The zero-order chi connectivity index (χ0) is 23.8. The standard InChI is InChI=1S/C25H23IN4O3/c1-30(2)21-11-8-17(9-12-21)14-22(28-24(32)18-6-4-3-5-7-18)25(33)29-27-16-19-15-20(26)10-13-23(19)31/h3-16,31H,1-2H3,(H,28,32)(H,29,33)/b22-14?,27-16+. The molecule has 0 fully saturated rings. The molecule has 33 heavy (non-hydrogen) atoms. The zero-order valence-corrected chi connectivity index (χ0v) is 20.3. The van der Waals surface area contributed by atoms with Crippen molar-refractivity contribution in [1.29, 1.82) is 0 Å². The van der Waals surface area contributed by atoms with Crippen molar-refractivity contribution >= 4 is 52.4 Å². The quantitative estimate of drug-likeness (QED) is 0.178. The summed E-state index contributed by atoms with van der Waals surface area (Å²) in [5.41, 5.74) is 5.07. The lowest BCUT2D eigenvalue weighted by molar-refractivity contribution is -0.117. The molecule has 0 aliphatic heterocycles. The topological polar surface area (TPSA) is 94.0 Å². The number of hydrogen-bond donors (Lipinski definition) is 3. The molecular formula is C25H23IN4O3. The van der Waals surface area contributed by atoms with Crippen molar-refractivity contribution in [3.05, 3.63) is 98.8 Å². The summed E-state index contributed by atoms with van der Waals surface area (Å²) < 4.78 is 0.912. The van der Waals surface area contributed by atoms with Crippen LogP contribution in [0.3, 0.4) is 0 Å². The summed E-state index contributed by atoms with van der Waals surface area (Å²) in [5, 5.41) is 16.5. The van der Waals surface area contributed by atoms with Gasteiger partial charge in [0.05, 0.1) is 6.21 Å². The molecule has 168 valence electrons. The molecule has 0 aliphatic carbocycles. The third-order valence-corrected chi connectivity index (χ3v) is 5.28. The number of rotatable bonds is 7. The molecule has 0 atom stereocenters. The maximum Gasteiger partial charge on any atom is 0.287 e. The fourth-order valence-corrected chi connectivity index (χ4v) is 3.34. The summed E-state index contributed by atoms with van der Waals surface area (Å²) in [7, 11) is 3.88. The first-order valence-corrected chi connectivity index (χ1v) is 11.1. The van der Waals surface area contributed by atoms with E-state index in [0.29, 0.717) is 11.1 Å². The van der Waals surface area contributed by atoms with E-state index in [4.69, 9.17) is 0 Å². The number of anilines is 1. The van der Waals surface area contributed by atoms with Crippen LogP contribution in [0.4, 0.5) is 5.69 Å². The molecule has 0 aliphatic rings.